The highest BCUT2D eigenvalue weighted by Crippen LogP contribution is 2.23. The highest BCUT2D eigenvalue weighted by atomic mass is 16.5. The van der Waals surface area contributed by atoms with Crippen LogP contribution in [0.5, 0.6) is 11.6 Å². The molecule has 2 N–H and O–H groups in total. The molecular formula is C20H25N3O2. The molecule has 1 atom stereocenters. The maximum atomic E-state index is 11.0. The lowest BCUT2D eigenvalue weighted by molar-refractivity contribution is 0.1000. The van der Waals surface area contributed by atoms with Gasteiger partial charge in [-0.05, 0) is 49.1 Å². The molecule has 1 aromatic carbocycles. The minimum absolute atomic E-state index is 0.370. The molecule has 0 radical (unpaired) electrons. The number of pyridine rings is 1. The normalized spacial score (nSPS) is 18.0. The number of carbonyl (C=O) groups is 1. The maximum Gasteiger partial charge on any atom is 0.250 e. The van der Waals surface area contributed by atoms with Crippen molar-refractivity contribution in [3.8, 4) is 11.6 Å². The Labute approximate surface area is 148 Å². The average molecular weight is 339 g/mol. The van der Waals surface area contributed by atoms with Crippen LogP contribution in [0, 0.1) is 5.92 Å². The van der Waals surface area contributed by atoms with E-state index in [0.29, 0.717) is 11.4 Å². The molecule has 0 saturated carbocycles. The summed E-state index contributed by atoms with van der Waals surface area (Å²) in [5.74, 6) is 1.52. The Balaban J connectivity index is 1.57. The van der Waals surface area contributed by atoms with Crippen LogP contribution in [0.2, 0.25) is 0 Å². The SMILES string of the molecule is CC[C@H]1CCCN(Cc2ccc(Oc3ccc(C(N)=O)cn3)cc2)C1. The predicted octanol–water partition coefficient (Wildman–Crippen LogP) is 3.59. The zero-order valence-corrected chi connectivity index (χ0v) is 14.6. The molecule has 25 heavy (non-hydrogen) atoms. The number of primary amides is 1. The zero-order valence-electron chi connectivity index (χ0n) is 14.6. The number of piperidine rings is 1. The van der Waals surface area contributed by atoms with Crippen LogP contribution in [0.3, 0.4) is 0 Å². The number of hydrogen-bond acceptors (Lipinski definition) is 4. The first-order valence-electron chi connectivity index (χ1n) is 8.89. The van der Waals surface area contributed by atoms with Gasteiger partial charge in [0.2, 0.25) is 11.8 Å². The van der Waals surface area contributed by atoms with E-state index >= 15 is 0 Å². The van der Waals surface area contributed by atoms with E-state index in [1.165, 1.54) is 44.1 Å². The third-order valence-corrected chi connectivity index (χ3v) is 4.75. The summed E-state index contributed by atoms with van der Waals surface area (Å²) in [6, 6.07) is 11.4. The van der Waals surface area contributed by atoms with Crippen LogP contribution in [0.25, 0.3) is 0 Å². The van der Waals surface area contributed by atoms with Crippen LogP contribution in [0.4, 0.5) is 0 Å². The van der Waals surface area contributed by atoms with Gasteiger partial charge in [0.25, 0.3) is 0 Å². The number of likely N-dealkylation sites (tertiary alicyclic amines) is 1. The van der Waals surface area contributed by atoms with Gasteiger partial charge in [-0.2, -0.15) is 0 Å². The molecule has 2 aromatic rings. The summed E-state index contributed by atoms with van der Waals surface area (Å²) < 4.78 is 5.72. The fraction of sp³-hybridized carbons (Fsp3) is 0.400. The van der Waals surface area contributed by atoms with E-state index in [2.05, 4.69) is 28.9 Å². The van der Waals surface area contributed by atoms with Gasteiger partial charge in [-0.15, -0.1) is 0 Å². The number of aromatic nitrogens is 1. The Morgan fingerprint density at radius 1 is 1.28 bits per heavy atom. The summed E-state index contributed by atoms with van der Waals surface area (Å²) in [5.41, 5.74) is 6.87. The van der Waals surface area contributed by atoms with Gasteiger partial charge in [0.1, 0.15) is 5.75 Å². The Bertz CT molecular complexity index is 698. The molecule has 2 heterocycles. The molecule has 1 saturated heterocycles. The third-order valence-electron chi connectivity index (χ3n) is 4.75. The summed E-state index contributed by atoms with van der Waals surface area (Å²) in [6.45, 7) is 5.66. The summed E-state index contributed by atoms with van der Waals surface area (Å²) >= 11 is 0. The van der Waals surface area contributed by atoms with Crippen molar-refractivity contribution >= 4 is 5.91 Å². The largest absolute Gasteiger partial charge is 0.439 e. The summed E-state index contributed by atoms with van der Waals surface area (Å²) in [6.07, 6.45) is 5.35. The third kappa shape index (κ3) is 4.79. The molecule has 1 aromatic heterocycles. The van der Waals surface area contributed by atoms with Crippen LogP contribution in [0.15, 0.2) is 42.6 Å². The van der Waals surface area contributed by atoms with Gasteiger partial charge in [0.15, 0.2) is 0 Å². The van der Waals surface area contributed by atoms with E-state index in [4.69, 9.17) is 10.5 Å². The highest BCUT2D eigenvalue weighted by molar-refractivity contribution is 5.92. The van der Waals surface area contributed by atoms with E-state index < -0.39 is 5.91 Å². The Hall–Kier alpha value is -2.40. The molecule has 1 aliphatic heterocycles. The topological polar surface area (TPSA) is 68.5 Å². The quantitative estimate of drug-likeness (QED) is 0.873. The lowest BCUT2D eigenvalue weighted by atomic mass is 9.95. The van der Waals surface area contributed by atoms with Gasteiger partial charge in [-0.25, -0.2) is 4.98 Å². The van der Waals surface area contributed by atoms with Crippen LogP contribution in [-0.2, 0) is 6.54 Å². The van der Waals surface area contributed by atoms with Gasteiger partial charge in [0.05, 0.1) is 5.56 Å². The Morgan fingerprint density at radius 3 is 2.72 bits per heavy atom. The molecule has 5 heteroatoms. The van der Waals surface area contributed by atoms with E-state index in [0.717, 1.165) is 18.2 Å². The predicted molar refractivity (Wildman–Crippen MR) is 97.6 cm³/mol. The van der Waals surface area contributed by atoms with E-state index in [1.807, 2.05) is 12.1 Å². The van der Waals surface area contributed by atoms with Crippen molar-refractivity contribution in [1.82, 2.24) is 9.88 Å². The molecule has 0 unspecified atom stereocenters. The minimum Gasteiger partial charge on any atom is -0.439 e. The summed E-state index contributed by atoms with van der Waals surface area (Å²) in [7, 11) is 0. The van der Waals surface area contributed by atoms with Gasteiger partial charge in [0, 0.05) is 25.4 Å². The Kier molecular flexibility index (Phi) is 5.66. The number of rotatable bonds is 6. The second-order valence-corrected chi connectivity index (χ2v) is 6.65. The minimum atomic E-state index is -0.494. The average Bonchev–Trinajstić information content (AvgIpc) is 2.64. The molecule has 0 spiro atoms. The van der Waals surface area contributed by atoms with Gasteiger partial charge < -0.3 is 10.5 Å². The van der Waals surface area contributed by atoms with E-state index in [-0.39, 0.29) is 0 Å². The second-order valence-electron chi connectivity index (χ2n) is 6.65. The summed E-state index contributed by atoms with van der Waals surface area (Å²) in [5, 5.41) is 0. The van der Waals surface area contributed by atoms with Crippen molar-refractivity contribution < 1.29 is 9.53 Å². The number of benzene rings is 1. The van der Waals surface area contributed by atoms with Crippen LogP contribution >= 0.6 is 0 Å². The van der Waals surface area contributed by atoms with E-state index in [1.54, 1.807) is 12.1 Å². The van der Waals surface area contributed by atoms with E-state index in [9.17, 15) is 4.79 Å². The number of hydrogen-bond donors (Lipinski definition) is 1. The van der Waals surface area contributed by atoms with Crippen LogP contribution in [0.1, 0.15) is 42.1 Å². The number of nitrogens with two attached hydrogens (primary N) is 1. The first-order valence-corrected chi connectivity index (χ1v) is 8.89. The maximum absolute atomic E-state index is 11.0. The fourth-order valence-electron chi connectivity index (χ4n) is 3.26. The molecule has 5 nitrogen and oxygen atoms in total. The van der Waals surface area contributed by atoms with Crippen molar-refractivity contribution in [3.05, 3.63) is 53.7 Å². The molecule has 1 fully saturated rings. The molecule has 132 valence electrons. The lowest BCUT2D eigenvalue weighted by Crippen LogP contribution is -2.34. The molecule has 1 amide bonds. The fourth-order valence-corrected chi connectivity index (χ4v) is 3.26. The van der Waals surface area contributed by atoms with Gasteiger partial charge in [-0.1, -0.05) is 25.5 Å². The summed E-state index contributed by atoms with van der Waals surface area (Å²) in [4.78, 5) is 17.7. The monoisotopic (exact) mass is 339 g/mol. The highest BCUT2D eigenvalue weighted by Gasteiger charge is 2.18. The first-order chi connectivity index (χ1) is 12.1. The van der Waals surface area contributed by atoms with Crippen molar-refractivity contribution in [2.24, 2.45) is 11.7 Å². The van der Waals surface area contributed by atoms with Crippen LogP contribution in [-0.4, -0.2) is 28.9 Å². The number of nitrogens with zero attached hydrogens (tertiary/aromatic N) is 2. The van der Waals surface area contributed by atoms with Crippen LogP contribution < -0.4 is 10.5 Å². The molecule has 0 aliphatic carbocycles. The molecule has 1 aliphatic rings. The first kappa shape index (κ1) is 17.4. The van der Waals surface area contributed by atoms with Crippen molar-refractivity contribution in [2.45, 2.75) is 32.7 Å². The smallest absolute Gasteiger partial charge is 0.250 e. The number of carbonyl (C=O) groups excluding carboxylic acids is 1. The van der Waals surface area contributed by atoms with Crippen molar-refractivity contribution in [1.29, 1.82) is 0 Å². The van der Waals surface area contributed by atoms with Gasteiger partial charge >= 0.3 is 0 Å². The van der Waals surface area contributed by atoms with Gasteiger partial charge in [-0.3, -0.25) is 9.69 Å². The number of amides is 1. The Morgan fingerprint density at radius 2 is 2.08 bits per heavy atom. The van der Waals surface area contributed by atoms with Crippen molar-refractivity contribution in [3.63, 3.8) is 0 Å². The van der Waals surface area contributed by atoms with Crippen molar-refractivity contribution in [2.75, 3.05) is 13.1 Å². The molecular weight excluding hydrogens is 314 g/mol. The zero-order chi connectivity index (χ0) is 17.6. The lowest BCUT2D eigenvalue weighted by Gasteiger charge is -2.32. The molecule has 0 bridgehead atoms. The number of ether oxygens (including phenoxy) is 1. The standard InChI is InChI=1S/C20H25N3O2/c1-2-15-4-3-11-23(13-15)14-16-5-8-18(9-6-16)25-19-10-7-17(12-22-19)20(21)24/h5-10,12,15H,2-4,11,13-14H2,1H3,(H2,21,24)/t15-/m0/s1. The molecule has 3 rings (SSSR count). The second kappa shape index (κ2) is 8.12.